The quantitative estimate of drug-likeness (QED) is 0.302. The molecule has 4 heteroatoms. The van der Waals surface area contributed by atoms with Crippen LogP contribution < -0.4 is 9.47 Å². The Labute approximate surface area is 191 Å². The number of benzene rings is 4. The predicted molar refractivity (Wildman–Crippen MR) is 134 cm³/mol. The lowest BCUT2D eigenvalue weighted by atomic mass is 9.90. The van der Waals surface area contributed by atoms with Gasteiger partial charge in [0.1, 0.15) is 0 Å². The molecule has 0 amide bonds. The second-order valence-corrected chi connectivity index (χ2v) is 7.98. The summed E-state index contributed by atoms with van der Waals surface area (Å²) in [6.07, 6.45) is 0. The van der Waals surface area contributed by atoms with Crippen LogP contribution in [-0.4, -0.2) is 23.8 Å². The molecule has 2 heterocycles. The van der Waals surface area contributed by atoms with Crippen molar-refractivity contribution in [1.82, 2.24) is 9.61 Å². The molecule has 0 N–H and O–H groups in total. The van der Waals surface area contributed by atoms with Crippen LogP contribution in [0.25, 0.3) is 49.6 Å². The number of hydrogen-bond acceptors (Lipinski definition) is 3. The third-order valence-electron chi connectivity index (χ3n) is 6.19. The van der Waals surface area contributed by atoms with Gasteiger partial charge in [0.25, 0.3) is 0 Å². The smallest absolute Gasteiger partial charge is 0.162 e. The Balaban J connectivity index is 1.90. The van der Waals surface area contributed by atoms with Gasteiger partial charge < -0.3 is 9.47 Å². The number of nitrogens with zero attached hydrogens (tertiary/aromatic N) is 2. The molecule has 0 saturated heterocycles. The summed E-state index contributed by atoms with van der Waals surface area (Å²) in [5, 5.41) is 7.21. The van der Waals surface area contributed by atoms with Crippen LogP contribution in [0.2, 0.25) is 0 Å². The van der Waals surface area contributed by atoms with Gasteiger partial charge in [0, 0.05) is 28.0 Å². The van der Waals surface area contributed by atoms with E-state index in [1.54, 1.807) is 14.2 Å². The van der Waals surface area contributed by atoms with Gasteiger partial charge in [0.2, 0.25) is 0 Å². The molecule has 4 nitrogen and oxygen atoms in total. The maximum absolute atomic E-state index is 5.65. The van der Waals surface area contributed by atoms with E-state index in [2.05, 4.69) is 83.4 Å². The van der Waals surface area contributed by atoms with E-state index >= 15 is 0 Å². The topological polar surface area (TPSA) is 35.8 Å². The Hall–Kier alpha value is -4.31. The van der Waals surface area contributed by atoms with Crippen LogP contribution >= 0.6 is 0 Å². The molecular weight excluding hydrogens is 408 g/mol. The highest BCUT2D eigenvalue weighted by atomic mass is 16.5. The number of pyridine rings is 1. The van der Waals surface area contributed by atoms with Crippen LogP contribution in [0, 0.1) is 0 Å². The van der Waals surface area contributed by atoms with Crippen molar-refractivity contribution in [2.75, 3.05) is 14.2 Å². The first-order valence-electron chi connectivity index (χ1n) is 10.9. The minimum atomic E-state index is 0.669. The first-order chi connectivity index (χ1) is 16.3. The van der Waals surface area contributed by atoms with Gasteiger partial charge in [-0.25, -0.2) is 4.52 Å². The SMILES string of the molecule is COc1cc2nn3c4ccccc4c(-c4ccccc4)c(-c4ccccc4)c3c2cc1OC. The average molecular weight is 431 g/mol. The highest BCUT2D eigenvalue weighted by Crippen LogP contribution is 2.44. The zero-order valence-electron chi connectivity index (χ0n) is 18.4. The molecule has 0 aliphatic rings. The largest absolute Gasteiger partial charge is 0.493 e. The summed E-state index contributed by atoms with van der Waals surface area (Å²) in [4.78, 5) is 0. The first-order valence-corrected chi connectivity index (χ1v) is 10.9. The molecule has 0 bridgehead atoms. The first kappa shape index (κ1) is 19.4. The van der Waals surface area contributed by atoms with Crippen molar-refractivity contribution in [2.24, 2.45) is 0 Å². The molecule has 0 aliphatic heterocycles. The standard InChI is InChI=1S/C29H22N2O2/c1-32-25-17-22-23(18-26(25)33-2)30-31-24-16-10-9-15-21(24)27(19-11-5-3-6-12-19)28(29(22)31)20-13-7-4-8-14-20/h3-18H,1-2H3. The molecule has 0 spiro atoms. The maximum Gasteiger partial charge on any atom is 0.162 e. The van der Waals surface area contributed by atoms with Crippen molar-refractivity contribution in [2.45, 2.75) is 0 Å². The minimum absolute atomic E-state index is 0.669. The van der Waals surface area contributed by atoms with E-state index < -0.39 is 0 Å². The number of aromatic nitrogens is 2. The van der Waals surface area contributed by atoms with Gasteiger partial charge in [-0.2, -0.15) is 5.10 Å². The van der Waals surface area contributed by atoms with Crippen molar-refractivity contribution in [3.63, 3.8) is 0 Å². The van der Waals surface area contributed by atoms with Gasteiger partial charge in [0.15, 0.2) is 11.5 Å². The third kappa shape index (κ3) is 2.95. The molecule has 6 rings (SSSR count). The summed E-state index contributed by atoms with van der Waals surface area (Å²) in [7, 11) is 3.32. The normalized spacial score (nSPS) is 11.3. The summed E-state index contributed by atoms with van der Waals surface area (Å²) in [6.45, 7) is 0. The number of ether oxygens (including phenoxy) is 2. The highest BCUT2D eigenvalue weighted by Gasteiger charge is 2.22. The average Bonchev–Trinajstić information content (AvgIpc) is 3.26. The molecule has 2 aromatic heterocycles. The van der Waals surface area contributed by atoms with Crippen LogP contribution in [0.1, 0.15) is 0 Å². The fourth-order valence-corrected chi connectivity index (χ4v) is 4.74. The molecule has 0 saturated carbocycles. The van der Waals surface area contributed by atoms with Crippen molar-refractivity contribution in [3.05, 3.63) is 97.1 Å². The van der Waals surface area contributed by atoms with Crippen LogP contribution in [0.15, 0.2) is 97.1 Å². The molecule has 0 radical (unpaired) electrons. The van der Waals surface area contributed by atoms with Gasteiger partial charge in [-0.1, -0.05) is 78.9 Å². The number of rotatable bonds is 4. The molecule has 6 aromatic rings. The second kappa shape index (κ2) is 7.68. The monoisotopic (exact) mass is 430 g/mol. The van der Waals surface area contributed by atoms with Crippen LogP contribution in [0.3, 0.4) is 0 Å². The Morgan fingerprint density at radius 3 is 1.85 bits per heavy atom. The summed E-state index contributed by atoms with van der Waals surface area (Å²) in [5.41, 5.74) is 7.63. The molecular formula is C29H22N2O2. The van der Waals surface area contributed by atoms with Crippen LogP contribution in [-0.2, 0) is 0 Å². The summed E-state index contributed by atoms with van der Waals surface area (Å²) < 4.78 is 13.3. The zero-order valence-corrected chi connectivity index (χ0v) is 18.4. The van der Waals surface area contributed by atoms with E-state index in [4.69, 9.17) is 14.6 Å². The lowest BCUT2D eigenvalue weighted by molar-refractivity contribution is 0.356. The fourth-order valence-electron chi connectivity index (χ4n) is 4.74. The number of hydrogen-bond donors (Lipinski definition) is 0. The Kier molecular flexibility index (Phi) is 4.51. The van der Waals surface area contributed by atoms with Crippen molar-refractivity contribution in [1.29, 1.82) is 0 Å². The second-order valence-electron chi connectivity index (χ2n) is 7.98. The Bertz CT molecular complexity index is 1620. The van der Waals surface area contributed by atoms with Gasteiger partial charge in [-0.3, -0.25) is 0 Å². The van der Waals surface area contributed by atoms with E-state index in [9.17, 15) is 0 Å². The molecule has 160 valence electrons. The van der Waals surface area contributed by atoms with E-state index in [0.29, 0.717) is 11.5 Å². The van der Waals surface area contributed by atoms with Crippen molar-refractivity contribution >= 4 is 27.3 Å². The van der Waals surface area contributed by atoms with Gasteiger partial charge in [-0.05, 0) is 23.3 Å². The van der Waals surface area contributed by atoms with Gasteiger partial charge in [-0.15, -0.1) is 0 Å². The lowest BCUT2D eigenvalue weighted by Crippen LogP contribution is -1.97. The third-order valence-corrected chi connectivity index (χ3v) is 6.19. The summed E-state index contributed by atoms with van der Waals surface area (Å²) in [6, 6.07) is 33.6. The summed E-state index contributed by atoms with van der Waals surface area (Å²) in [5.74, 6) is 1.36. The highest BCUT2D eigenvalue weighted by molar-refractivity contribution is 6.15. The summed E-state index contributed by atoms with van der Waals surface area (Å²) >= 11 is 0. The fraction of sp³-hybridized carbons (Fsp3) is 0.0690. The molecule has 0 fully saturated rings. The Morgan fingerprint density at radius 1 is 0.606 bits per heavy atom. The Morgan fingerprint density at radius 2 is 1.18 bits per heavy atom. The molecule has 4 aromatic carbocycles. The lowest BCUT2D eigenvalue weighted by Gasteiger charge is -2.17. The molecule has 33 heavy (non-hydrogen) atoms. The zero-order chi connectivity index (χ0) is 22.4. The minimum Gasteiger partial charge on any atom is -0.493 e. The van der Waals surface area contributed by atoms with Crippen LogP contribution in [0.4, 0.5) is 0 Å². The molecule has 0 aliphatic carbocycles. The van der Waals surface area contributed by atoms with E-state index in [1.807, 2.05) is 18.2 Å². The molecule has 0 unspecified atom stereocenters. The van der Waals surface area contributed by atoms with Gasteiger partial charge in [0.05, 0.1) is 30.8 Å². The maximum atomic E-state index is 5.65. The number of para-hydroxylation sites is 1. The predicted octanol–water partition coefficient (Wildman–Crippen LogP) is 6.99. The van der Waals surface area contributed by atoms with E-state index in [1.165, 1.54) is 11.1 Å². The van der Waals surface area contributed by atoms with Crippen molar-refractivity contribution < 1.29 is 9.47 Å². The van der Waals surface area contributed by atoms with Crippen LogP contribution in [0.5, 0.6) is 11.5 Å². The van der Waals surface area contributed by atoms with E-state index in [0.717, 1.165) is 38.4 Å². The molecule has 0 atom stereocenters. The van der Waals surface area contributed by atoms with E-state index in [-0.39, 0.29) is 0 Å². The number of fused-ring (bicyclic) bond motifs is 5. The number of methoxy groups -OCH3 is 2. The van der Waals surface area contributed by atoms with Crippen molar-refractivity contribution in [3.8, 4) is 33.8 Å². The van der Waals surface area contributed by atoms with Gasteiger partial charge >= 0.3 is 0 Å².